The van der Waals surface area contributed by atoms with Gasteiger partial charge in [-0.3, -0.25) is 4.99 Å². The average Bonchev–Trinajstić information content (AvgIpc) is 3.19. The van der Waals surface area contributed by atoms with E-state index in [0.717, 1.165) is 45.1 Å². The standard InChI is InChI=1S/C17H31N5O2S2/c1-4-18-17(19-9-7-10-20(3)26(23,24)5-2)22-13-11-21(12-14-22)16-8-6-15-25-16/h6,8,15H,4-5,7,9-14H2,1-3H3,(H,18,19). The Hall–Kier alpha value is -1.32. The molecule has 1 N–H and O–H groups in total. The maximum atomic E-state index is 11.8. The number of thiophene rings is 1. The van der Waals surface area contributed by atoms with Crippen LogP contribution in [0.5, 0.6) is 0 Å². The maximum absolute atomic E-state index is 11.8. The topological polar surface area (TPSA) is 68.2 Å². The Labute approximate surface area is 161 Å². The van der Waals surface area contributed by atoms with Crippen LogP contribution >= 0.6 is 11.3 Å². The highest BCUT2D eigenvalue weighted by molar-refractivity contribution is 7.89. The number of hydrogen-bond acceptors (Lipinski definition) is 5. The summed E-state index contributed by atoms with van der Waals surface area (Å²) in [5.74, 6) is 1.07. The van der Waals surface area contributed by atoms with Gasteiger partial charge in [-0.15, -0.1) is 11.3 Å². The molecule has 7 nitrogen and oxygen atoms in total. The normalized spacial score (nSPS) is 16.4. The zero-order chi connectivity index (χ0) is 19.0. The summed E-state index contributed by atoms with van der Waals surface area (Å²) in [7, 11) is -1.47. The van der Waals surface area contributed by atoms with Crippen LogP contribution in [-0.4, -0.2) is 82.2 Å². The summed E-state index contributed by atoms with van der Waals surface area (Å²) in [6.07, 6.45) is 0.722. The summed E-state index contributed by atoms with van der Waals surface area (Å²) in [5.41, 5.74) is 0. The van der Waals surface area contributed by atoms with Gasteiger partial charge in [0.1, 0.15) is 0 Å². The van der Waals surface area contributed by atoms with Crippen molar-refractivity contribution in [3.8, 4) is 0 Å². The Morgan fingerprint density at radius 2 is 2.04 bits per heavy atom. The molecule has 1 aromatic heterocycles. The van der Waals surface area contributed by atoms with E-state index >= 15 is 0 Å². The highest BCUT2D eigenvalue weighted by atomic mass is 32.2. The minimum Gasteiger partial charge on any atom is -0.360 e. The van der Waals surface area contributed by atoms with Crippen molar-refractivity contribution < 1.29 is 8.42 Å². The molecular weight excluding hydrogens is 370 g/mol. The van der Waals surface area contributed by atoms with Crippen LogP contribution in [0.1, 0.15) is 20.3 Å². The second-order valence-electron chi connectivity index (χ2n) is 6.24. The van der Waals surface area contributed by atoms with Crippen LogP contribution in [0, 0.1) is 0 Å². The fourth-order valence-corrected chi connectivity index (χ4v) is 4.49. The summed E-state index contributed by atoms with van der Waals surface area (Å²) in [4.78, 5) is 9.40. The number of rotatable bonds is 8. The van der Waals surface area contributed by atoms with Crippen LogP contribution < -0.4 is 10.2 Å². The second kappa shape index (κ2) is 10.1. The van der Waals surface area contributed by atoms with Crippen molar-refractivity contribution >= 4 is 32.3 Å². The van der Waals surface area contributed by atoms with Crippen LogP contribution in [0.3, 0.4) is 0 Å². The molecule has 0 aromatic carbocycles. The van der Waals surface area contributed by atoms with Crippen molar-refractivity contribution in [1.82, 2.24) is 14.5 Å². The number of guanidine groups is 1. The number of aliphatic imine (C=N–C) groups is 1. The van der Waals surface area contributed by atoms with Crippen molar-refractivity contribution in [3.63, 3.8) is 0 Å². The van der Waals surface area contributed by atoms with Crippen molar-refractivity contribution in [2.45, 2.75) is 20.3 Å². The van der Waals surface area contributed by atoms with Crippen molar-refractivity contribution in [3.05, 3.63) is 17.5 Å². The first-order valence-electron chi connectivity index (χ1n) is 9.23. The summed E-state index contributed by atoms with van der Waals surface area (Å²) >= 11 is 1.78. The maximum Gasteiger partial charge on any atom is 0.213 e. The Balaban J connectivity index is 1.83. The number of piperazine rings is 1. The van der Waals surface area contributed by atoms with Gasteiger partial charge in [-0.2, -0.15) is 0 Å². The molecule has 1 aliphatic heterocycles. The fourth-order valence-electron chi connectivity index (χ4n) is 2.85. The minimum atomic E-state index is -3.10. The quantitative estimate of drug-likeness (QED) is 0.406. The lowest BCUT2D eigenvalue weighted by molar-refractivity contribution is 0.373. The first-order valence-corrected chi connectivity index (χ1v) is 11.7. The first-order chi connectivity index (χ1) is 12.5. The molecule has 0 radical (unpaired) electrons. The number of anilines is 1. The molecule has 26 heavy (non-hydrogen) atoms. The van der Waals surface area contributed by atoms with Gasteiger partial charge < -0.3 is 15.1 Å². The van der Waals surface area contributed by atoms with Gasteiger partial charge in [-0.25, -0.2) is 12.7 Å². The summed E-state index contributed by atoms with van der Waals surface area (Å²) in [6, 6.07) is 4.26. The third kappa shape index (κ3) is 5.85. The van der Waals surface area contributed by atoms with Gasteiger partial charge in [0.25, 0.3) is 0 Å². The zero-order valence-electron chi connectivity index (χ0n) is 16.0. The highest BCUT2D eigenvalue weighted by Crippen LogP contribution is 2.22. The van der Waals surface area contributed by atoms with E-state index in [2.05, 4.69) is 39.6 Å². The Morgan fingerprint density at radius 3 is 2.62 bits per heavy atom. The van der Waals surface area contributed by atoms with Gasteiger partial charge in [-0.05, 0) is 37.8 Å². The number of nitrogens with zero attached hydrogens (tertiary/aromatic N) is 4. The van der Waals surface area contributed by atoms with E-state index < -0.39 is 10.0 Å². The second-order valence-corrected chi connectivity index (χ2v) is 9.53. The Morgan fingerprint density at radius 1 is 1.31 bits per heavy atom. The van der Waals surface area contributed by atoms with Gasteiger partial charge in [0.15, 0.2) is 5.96 Å². The largest absolute Gasteiger partial charge is 0.360 e. The van der Waals surface area contributed by atoms with E-state index in [9.17, 15) is 8.42 Å². The first kappa shape index (κ1) is 21.0. The number of sulfonamides is 1. The van der Waals surface area contributed by atoms with Crippen molar-refractivity contribution in [1.29, 1.82) is 0 Å². The molecule has 0 amide bonds. The molecule has 1 aliphatic rings. The minimum absolute atomic E-state index is 0.143. The average molecular weight is 402 g/mol. The third-order valence-corrected chi connectivity index (χ3v) is 7.26. The molecule has 1 saturated heterocycles. The van der Waals surface area contributed by atoms with Gasteiger partial charge in [-0.1, -0.05) is 0 Å². The molecule has 0 atom stereocenters. The van der Waals surface area contributed by atoms with Crippen LogP contribution in [0.2, 0.25) is 0 Å². The molecule has 1 aromatic rings. The summed E-state index contributed by atoms with van der Waals surface area (Å²) in [5, 5.41) is 6.80. The van der Waals surface area contributed by atoms with Crippen molar-refractivity contribution in [2.24, 2.45) is 4.99 Å². The predicted octanol–water partition coefficient (Wildman–Crippen LogP) is 1.51. The van der Waals surface area contributed by atoms with E-state index in [4.69, 9.17) is 4.99 Å². The zero-order valence-corrected chi connectivity index (χ0v) is 17.7. The summed E-state index contributed by atoms with van der Waals surface area (Å²) in [6.45, 7) is 9.55. The van der Waals surface area contributed by atoms with E-state index in [1.165, 1.54) is 9.31 Å². The van der Waals surface area contributed by atoms with Gasteiger partial charge in [0.05, 0.1) is 10.8 Å². The molecule has 2 heterocycles. The molecule has 2 rings (SSSR count). The SMILES string of the molecule is CCNC(=NCCCN(C)S(=O)(=O)CC)N1CCN(c2cccs2)CC1. The molecule has 0 saturated carbocycles. The van der Waals surface area contributed by atoms with Crippen LogP contribution in [0.25, 0.3) is 0 Å². The van der Waals surface area contributed by atoms with E-state index in [1.54, 1.807) is 25.3 Å². The molecule has 1 fully saturated rings. The molecule has 9 heteroatoms. The molecular formula is C17H31N5O2S2. The summed E-state index contributed by atoms with van der Waals surface area (Å²) < 4.78 is 25.0. The lowest BCUT2D eigenvalue weighted by Crippen LogP contribution is -2.52. The molecule has 0 bridgehead atoms. The number of nitrogens with one attached hydrogen (secondary N) is 1. The Kier molecular flexibility index (Phi) is 8.17. The van der Waals surface area contributed by atoms with Crippen LogP contribution in [-0.2, 0) is 10.0 Å². The molecule has 0 spiro atoms. The molecule has 148 valence electrons. The molecule has 0 aliphatic carbocycles. The van der Waals surface area contributed by atoms with Gasteiger partial charge in [0, 0.05) is 52.9 Å². The molecule has 0 unspecified atom stereocenters. The predicted molar refractivity (Wildman–Crippen MR) is 111 cm³/mol. The fraction of sp³-hybridized carbons (Fsp3) is 0.706. The van der Waals surface area contributed by atoms with Crippen LogP contribution in [0.15, 0.2) is 22.5 Å². The lowest BCUT2D eigenvalue weighted by Gasteiger charge is -2.37. The lowest BCUT2D eigenvalue weighted by atomic mass is 10.3. The smallest absolute Gasteiger partial charge is 0.213 e. The van der Waals surface area contributed by atoms with Gasteiger partial charge in [0.2, 0.25) is 10.0 Å². The van der Waals surface area contributed by atoms with E-state index in [-0.39, 0.29) is 5.75 Å². The van der Waals surface area contributed by atoms with E-state index in [1.807, 2.05) is 0 Å². The van der Waals surface area contributed by atoms with E-state index in [0.29, 0.717) is 13.1 Å². The third-order valence-electron chi connectivity index (χ3n) is 4.46. The van der Waals surface area contributed by atoms with Crippen LogP contribution in [0.4, 0.5) is 5.00 Å². The van der Waals surface area contributed by atoms with Crippen molar-refractivity contribution in [2.75, 3.05) is 63.5 Å². The monoisotopic (exact) mass is 401 g/mol. The Bertz CT molecular complexity index is 653. The number of hydrogen-bond donors (Lipinski definition) is 1. The van der Waals surface area contributed by atoms with Gasteiger partial charge >= 0.3 is 0 Å². The highest BCUT2D eigenvalue weighted by Gasteiger charge is 2.20.